The molecule has 0 saturated carbocycles. The quantitative estimate of drug-likeness (QED) is 0.493. The molecule has 1 aliphatic rings. The molecule has 0 aliphatic carbocycles. The summed E-state index contributed by atoms with van der Waals surface area (Å²) in [6.07, 6.45) is 1.76. The molecule has 0 radical (unpaired) electrons. The fourth-order valence-corrected chi connectivity index (χ4v) is 4.70. The monoisotopic (exact) mass is 438 g/mol. The number of hydrogen-bond donors (Lipinski definition) is 1. The van der Waals surface area contributed by atoms with Crippen LogP contribution in [0.1, 0.15) is 63.7 Å². The number of rotatable bonds is 8. The molecule has 166 valence electrons. The summed E-state index contributed by atoms with van der Waals surface area (Å²) < 4.78 is 32.3. The van der Waals surface area contributed by atoms with E-state index < -0.39 is 22.1 Å². The molecular formula is C21H30N2O6S. The molecule has 3 unspecified atom stereocenters. The number of hydrogen-bond acceptors (Lipinski definition) is 6. The Kier molecular flexibility index (Phi) is 8.14. The minimum Gasteiger partial charge on any atom is -0.452 e. The van der Waals surface area contributed by atoms with Crippen LogP contribution in [0.2, 0.25) is 0 Å². The molecule has 1 heterocycles. The second-order valence-electron chi connectivity index (χ2n) is 7.74. The molecule has 1 aromatic rings. The molecule has 9 heteroatoms. The third kappa shape index (κ3) is 6.12. The van der Waals surface area contributed by atoms with E-state index in [0.29, 0.717) is 0 Å². The predicted octanol–water partition coefficient (Wildman–Crippen LogP) is 2.28. The number of esters is 1. The van der Waals surface area contributed by atoms with Crippen molar-refractivity contribution in [3.05, 3.63) is 29.8 Å². The number of Topliss-reactive ketones (excluding diaryl/α,β-unsaturated/α-hetero) is 1. The van der Waals surface area contributed by atoms with Crippen molar-refractivity contribution in [2.75, 3.05) is 6.54 Å². The van der Waals surface area contributed by atoms with Gasteiger partial charge in [0.1, 0.15) is 0 Å². The fourth-order valence-electron chi connectivity index (χ4n) is 3.63. The van der Waals surface area contributed by atoms with Gasteiger partial charge in [-0.1, -0.05) is 12.1 Å². The average molecular weight is 439 g/mol. The van der Waals surface area contributed by atoms with Gasteiger partial charge in [0.15, 0.2) is 11.9 Å². The van der Waals surface area contributed by atoms with Crippen LogP contribution in [0.3, 0.4) is 0 Å². The SMILES string of the molecule is CC(=O)c1cccc(S(=O)(=O)NCCC(=O)OC(C)C(=O)N2C(C)CCCC2C)c1. The number of ketones is 1. The summed E-state index contributed by atoms with van der Waals surface area (Å²) in [6.45, 7) is 6.67. The maximum atomic E-state index is 12.7. The Balaban J connectivity index is 1.87. The van der Waals surface area contributed by atoms with Crippen molar-refractivity contribution in [1.29, 1.82) is 0 Å². The van der Waals surface area contributed by atoms with Crippen molar-refractivity contribution in [3.63, 3.8) is 0 Å². The van der Waals surface area contributed by atoms with Crippen molar-refractivity contribution < 1.29 is 27.5 Å². The summed E-state index contributed by atoms with van der Waals surface area (Å²) in [5, 5.41) is 0. The Hall–Kier alpha value is -2.26. The van der Waals surface area contributed by atoms with Crippen molar-refractivity contribution in [2.24, 2.45) is 0 Å². The first-order chi connectivity index (χ1) is 14.0. The second kappa shape index (κ2) is 10.2. The van der Waals surface area contributed by atoms with Crippen LogP contribution >= 0.6 is 0 Å². The Morgan fingerprint density at radius 3 is 2.43 bits per heavy atom. The third-order valence-corrected chi connectivity index (χ3v) is 6.73. The van der Waals surface area contributed by atoms with Crippen LogP contribution in [0.15, 0.2) is 29.2 Å². The van der Waals surface area contributed by atoms with E-state index in [1.165, 1.54) is 38.1 Å². The minimum atomic E-state index is -3.87. The van der Waals surface area contributed by atoms with Gasteiger partial charge in [0, 0.05) is 24.2 Å². The summed E-state index contributed by atoms with van der Waals surface area (Å²) >= 11 is 0. The van der Waals surface area contributed by atoms with Gasteiger partial charge in [-0.3, -0.25) is 14.4 Å². The first-order valence-corrected chi connectivity index (χ1v) is 11.6. The lowest BCUT2D eigenvalue weighted by Crippen LogP contribution is -2.51. The van der Waals surface area contributed by atoms with Gasteiger partial charge in [-0.25, -0.2) is 13.1 Å². The maximum absolute atomic E-state index is 12.7. The van der Waals surface area contributed by atoms with Gasteiger partial charge in [0.25, 0.3) is 5.91 Å². The van der Waals surface area contributed by atoms with Crippen molar-refractivity contribution in [1.82, 2.24) is 9.62 Å². The zero-order valence-electron chi connectivity index (χ0n) is 17.9. The third-order valence-electron chi connectivity index (χ3n) is 5.28. The molecule has 2 rings (SSSR count). The van der Waals surface area contributed by atoms with E-state index in [2.05, 4.69) is 4.72 Å². The van der Waals surface area contributed by atoms with Crippen molar-refractivity contribution in [3.8, 4) is 0 Å². The van der Waals surface area contributed by atoms with E-state index in [4.69, 9.17) is 4.74 Å². The molecular weight excluding hydrogens is 408 g/mol. The molecule has 1 saturated heterocycles. The highest BCUT2D eigenvalue weighted by Crippen LogP contribution is 2.23. The minimum absolute atomic E-state index is 0.0554. The predicted molar refractivity (Wildman–Crippen MR) is 111 cm³/mol. The van der Waals surface area contributed by atoms with Gasteiger partial charge in [-0.2, -0.15) is 0 Å². The van der Waals surface area contributed by atoms with E-state index >= 15 is 0 Å². The lowest BCUT2D eigenvalue weighted by atomic mass is 9.97. The number of nitrogens with one attached hydrogen (secondary N) is 1. The molecule has 1 aliphatic heterocycles. The number of ether oxygens (including phenoxy) is 1. The van der Waals surface area contributed by atoms with E-state index in [-0.39, 0.29) is 47.2 Å². The van der Waals surface area contributed by atoms with Gasteiger partial charge < -0.3 is 9.64 Å². The summed E-state index contributed by atoms with van der Waals surface area (Å²) in [4.78, 5) is 37.9. The van der Waals surface area contributed by atoms with E-state index in [0.717, 1.165) is 19.3 Å². The zero-order valence-corrected chi connectivity index (χ0v) is 18.7. The highest BCUT2D eigenvalue weighted by Gasteiger charge is 2.33. The largest absolute Gasteiger partial charge is 0.452 e. The lowest BCUT2D eigenvalue weighted by Gasteiger charge is -2.40. The zero-order chi connectivity index (χ0) is 22.5. The number of carbonyl (C=O) groups is 3. The Labute approximate surface area is 178 Å². The number of piperidine rings is 1. The van der Waals surface area contributed by atoms with E-state index in [1.54, 1.807) is 4.90 Å². The number of benzene rings is 1. The number of amides is 1. The molecule has 1 N–H and O–H groups in total. The second-order valence-corrected chi connectivity index (χ2v) is 9.51. The molecule has 30 heavy (non-hydrogen) atoms. The van der Waals surface area contributed by atoms with Crippen LogP contribution in [-0.2, 0) is 24.3 Å². The highest BCUT2D eigenvalue weighted by atomic mass is 32.2. The van der Waals surface area contributed by atoms with E-state index in [9.17, 15) is 22.8 Å². The summed E-state index contributed by atoms with van der Waals surface area (Å²) in [7, 11) is -3.87. The fraction of sp³-hybridized carbons (Fsp3) is 0.571. The van der Waals surface area contributed by atoms with Gasteiger partial charge in [-0.05, 0) is 59.1 Å². The standard InChI is InChI=1S/C21H30N2O6S/c1-14-7-5-8-15(2)23(14)21(26)17(4)29-20(25)11-12-22-30(27,28)19-10-6-9-18(13-19)16(3)24/h6,9-10,13-15,17,22H,5,7-8,11-12H2,1-4H3. The normalized spacial score (nSPS) is 20.5. The molecule has 0 bridgehead atoms. The molecule has 1 aromatic carbocycles. The molecule has 8 nitrogen and oxygen atoms in total. The smallest absolute Gasteiger partial charge is 0.307 e. The Bertz CT molecular complexity index is 889. The van der Waals surface area contributed by atoms with Gasteiger partial charge in [0.2, 0.25) is 10.0 Å². The first kappa shape index (κ1) is 24.0. The van der Waals surface area contributed by atoms with Crippen molar-refractivity contribution >= 4 is 27.7 Å². The summed E-state index contributed by atoms with van der Waals surface area (Å²) in [5.74, 6) is -1.13. The van der Waals surface area contributed by atoms with Gasteiger partial charge in [0.05, 0.1) is 11.3 Å². The maximum Gasteiger partial charge on any atom is 0.307 e. The molecule has 3 atom stereocenters. The molecule has 0 aromatic heterocycles. The van der Waals surface area contributed by atoms with Crippen molar-refractivity contribution in [2.45, 2.75) is 76.5 Å². The number of sulfonamides is 1. The van der Waals surface area contributed by atoms with Crippen LogP contribution in [-0.4, -0.2) is 55.7 Å². The summed E-state index contributed by atoms with van der Waals surface area (Å²) in [5.41, 5.74) is 0.283. The highest BCUT2D eigenvalue weighted by molar-refractivity contribution is 7.89. The van der Waals surface area contributed by atoms with Crippen LogP contribution in [0.5, 0.6) is 0 Å². The Morgan fingerprint density at radius 1 is 1.20 bits per heavy atom. The molecule has 0 spiro atoms. The lowest BCUT2D eigenvalue weighted by molar-refractivity contribution is -0.162. The number of carbonyl (C=O) groups excluding carboxylic acids is 3. The first-order valence-electron chi connectivity index (χ1n) is 10.1. The summed E-state index contributed by atoms with van der Waals surface area (Å²) in [6, 6.07) is 5.86. The average Bonchev–Trinajstić information content (AvgIpc) is 2.67. The molecule has 1 amide bonds. The van der Waals surface area contributed by atoms with Crippen LogP contribution in [0.4, 0.5) is 0 Å². The Morgan fingerprint density at radius 2 is 1.83 bits per heavy atom. The number of nitrogens with zero attached hydrogens (tertiary/aromatic N) is 1. The molecule has 1 fully saturated rings. The van der Waals surface area contributed by atoms with Crippen LogP contribution in [0, 0.1) is 0 Å². The van der Waals surface area contributed by atoms with Crippen LogP contribution < -0.4 is 4.72 Å². The number of likely N-dealkylation sites (tertiary alicyclic amines) is 1. The topological polar surface area (TPSA) is 110 Å². The van der Waals surface area contributed by atoms with Gasteiger partial charge in [-0.15, -0.1) is 0 Å². The van der Waals surface area contributed by atoms with Gasteiger partial charge >= 0.3 is 5.97 Å². The van der Waals surface area contributed by atoms with Crippen LogP contribution in [0.25, 0.3) is 0 Å². The van der Waals surface area contributed by atoms with E-state index in [1.807, 2.05) is 13.8 Å².